The third kappa shape index (κ3) is 3.00. The van der Waals surface area contributed by atoms with Gasteiger partial charge in [0.25, 0.3) is 0 Å². The Morgan fingerprint density at radius 2 is 1.63 bits per heavy atom. The van der Waals surface area contributed by atoms with E-state index in [0.717, 1.165) is 18.7 Å². The molecule has 1 aliphatic rings. The van der Waals surface area contributed by atoms with Gasteiger partial charge in [-0.1, -0.05) is 66.7 Å². The van der Waals surface area contributed by atoms with Crippen LogP contribution in [0.1, 0.15) is 28.4 Å². The highest BCUT2D eigenvalue weighted by atomic mass is 16.5. The first-order chi connectivity index (χ1) is 13.4. The van der Waals surface area contributed by atoms with E-state index < -0.39 is 0 Å². The number of hydrogen-bond acceptors (Lipinski definition) is 2. The predicted molar refractivity (Wildman–Crippen MR) is 109 cm³/mol. The summed E-state index contributed by atoms with van der Waals surface area (Å²) in [6.45, 7) is 1.54. The van der Waals surface area contributed by atoms with Gasteiger partial charge in [-0.05, 0) is 29.7 Å². The van der Waals surface area contributed by atoms with Crippen LogP contribution in [0.15, 0.2) is 78.9 Å². The van der Waals surface area contributed by atoms with E-state index in [1.165, 1.54) is 33.3 Å². The summed E-state index contributed by atoms with van der Waals surface area (Å²) < 4.78 is 6.21. The van der Waals surface area contributed by atoms with Crippen molar-refractivity contribution in [3.8, 4) is 5.75 Å². The summed E-state index contributed by atoms with van der Waals surface area (Å²) in [5.74, 6) is 0.936. The molecule has 0 radical (unpaired) electrons. The average Bonchev–Trinajstić information content (AvgIpc) is 3.12. The van der Waals surface area contributed by atoms with E-state index in [2.05, 4.69) is 64.9 Å². The van der Waals surface area contributed by atoms with E-state index >= 15 is 0 Å². The molecule has 1 atom stereocenters. The molecule has 1 aliphatic heterocycles. The van der Waals surface area contributed by atoms with Gasteiger partial charge < -0.3 is 15.0 Å². The SMILES string of the molecule is c1ccc(COc2ccccc2C2NCCc3c2[nH]c2ccccc32)cc1. The number of rotatable bonds is 4. The highest BCUT2D eigenvalue weighted by Gasteiger charge is 2.27. The predicted octanol–water partition coefficient (Wildman–Crippen LogP) is 4.98. The summed E-state index contributed by atoms with van der Waals surface area (Å²) in [6, 6.07) is 27.4. The average molecular weight is 354 g/mol. The van der Waals surface area contributed by atoms with Gasteiger partial charge in [-0.2, -0.15) is 0 Å². The molecule has 4 aromatic rings. The van der Waals surface area contributed by atoms with Gasteiger partial charge in [-0.15, -0.1) is 0 Å². The van der Waals surface area contributed by atoms with Crippen molar-refractivity contribution in [1.29, 1.82) is 0 Å². The van der Waals surface area contributed by atoms with Crippen molar-refractivity contribution in [2.75, 3.05) is 6.54 Å². The van der Waals surface area contributed by atoms with Crippen LogP contribution < -0.4 is 10.1 Å². The van der Waals surface area contributed by atoms with Gasteiger partial charge >= 0.3 is 0 Å². The van der Waals surface area contributed by atoms with E-state index in [-0.39, 0.29) is 6.04 Å². The maximum atomic E-state index is 6.21. The van der Waals surface area contributed by atoms with Crippen LogP contribution in [-0.2, 0) is 13.0 Å². The number of nitrogens with one attached hydrogen (secondary N) is 2. The van der Waals surface area contributed by atoms with Gasteiger partial charge in [-0.3, -0.25) is 0 Å². The van der Waals surface area contributed by atoms with Crippen LogP contribution in [0.2, 0.25) is 0 Å². The number of ether oxygens (including phenoxy) is 1. The van der Waals surface area contributed by atoms with Gasteiger partial charge in [-0.25, -0.2) is 0 Å². The van der Waals surface area contributed by atoms with Crippen LogP contribution in [0, 0.1) is 0 Å². The largest absolute Gasteiger partial charge is 0.489 e. The zero-order valence-electron chi connectivity index (χ0n) is 15.1. The van der Waals surface area contributed by atoms with E-state index in [0.29, 0.717) is 6.61 Å². The minimum Gasteiger partial charge on any atom is -0.489 e. The van der Waals surface area contributed by atoms with Crippen LogP contribution >= 0.6 is 0 Å². The van der Waals surface area contributed by atoms with E-state index in [1.54, 1.807) is 0 Å². The maximum Gasteiger partial charge on any atom is 0.124 e. The van der Waals surface area contributed by atoms with Crippen molar-refractivity contribution in [3.05, 3.63) is 101 Å². The van der Waals surface area contributed by atoms with Crippen LogP contribution in [0.4, 0.5) is 0 Å². The molecular formula is C24H22N2O. The van der Waals surface area contributed by atoms with E-state index in [1.807, 2.05) is 24.3 Å². The number of aromatic nitrogens is 1. The standard InChI is InChI=1S/C24H22N2O/c1-2-8-17(9-3-1)16-27-22-13-7-5-11-20(22)23-24-19(14-15-25-23)18-10-4-6-12-21(18)26-24/h1-13,23,25-26H,14-16H2. The summed E-state index contributed by atoms with van der Waals surface area (Å²) >= 11 is 0. The molecule has 0 fully saturated rings. The summed E-state index contributed by atoms with van der Waals surface area (Å²) in [6.07, 6.45) is 1.04. The number of fused-ring (bicyclic) bond motifs is 3. The number of para-hydroxylation sites is 2. The monoisotopic (exact) mass is 354 g/mol. The fourth-order valence-corrected chi connectivity index (χ4v) is 4.03. The molecule has 1 unspecified atom stereocenters. The summed E-state index contributed by atoms with van der Waals surface area (Å²) in [5.41, 5.74) is 6.25. The van der Waals surface area contributed by atoms with Crippen LogP contribution in [0.25, 0.3) is 10.9 Å². The first-order valence-corrected chi connectivity index (χ1v) is 9.48. The topological polar surface area (TPSA) is 37.0 Å². The fraction of sp³-hybridized carbons (Fsp3) is 0.167. The summed E-state index contributed by atoms with van der Waals surface area (Å²) in [4.78, 5) is 3.65. The molecular weight excluding hydrogens is 332 g/mol. The number of H-pyrrole nitrogens is 1. The third-order valence-electron chi connectivity index (χ3n) is 5.33. The maximum absolute atomic E-state index is 6.21. The minimum absolute atomic E-state index is 0.119. The molecule has 5 rings (SSSR count). The molecule has 134 valence electrons. The van der Waals surface area contributed by atoms with Crippen molar-refractivity contribution >= 4 is 10.9 Å². The zero-order chi connectivity index (χ0) is 18.1. The van der Waals surface area contributed by atoms with Gasteiger partial charge in [0.1, 0.15) is 12.4 Å². The molecule has 0 saturated heterocycles. The normalized spacial score (nSPS) is 16.2. The lowest BCUT2D eigenvalue weighted by molar-refractivity contribution is 0.300. The van der Waals surface area contributed by atoms with Crippen molar-refractivity contribution in [2.45, 2.75) is 19.1 Å². The molecule has 3 aromatic carbocycles. The Labute approximate surface area is 159 Å². The minimum atomic E-state index is 0.119. The van der Waals surface area contributed by atoms with Crippen molar-refractivity contribution in [1.82, 2.24) is 10.3 Å². The Bertz CT molecular complexity index is 1070. The molecule has 0 saturated carbocycles. The molecule has 1 aromatic heterocycles. The van der Waals surface area contributed by atoms with Gasteiger partial charge in [0.2, 0.25) is 0 Å². The van der Waals surface area contributed by atoms with Gasteiger partial charge in [0.15, 0.2) is 0 Å². The summed E-state index contributed by atoms with van der Waals surface area (Å²) in [7, 11) is 0. The van der Waals surface area contributed by atoms with Gasteiger partial charge in [0, 0.05) is 28.7 Å². The number of hydrogen-bond donors (Lipinski definition) is 2. The number of aromatic amines is 1. The smallest absolute Gasteiger partial charge is 0.124 e. The molecule has 2 heterocycles. The lowest BCUT2D eigenvalue weighted by atomic mass is 9.94. The molecule has 2 N–H and O–H groups in total. The number of benzene rings is 3. The Balaban J connectivity index is 1.51. The zero-order valence-corrected chi connectivity index (χ0v) is 15.1. The molecule has 0 spiro atoms. The first kappa shape index (κ1) is 16.2. The Morgan fingerprint density at radius 1 is 0.852 bits per heavy atom. The lowest BCUT2D eigenvalue weighted by Gasteiger charge is -2.26. The second-order valence-corrected chi connectivity index (χ2v) is 7.01. The van der Waals surface area contributed by atoms with Crippen molar-refractivity contribution < 1.29 is 4.74 Å². The van der Waals surface area contributed by atoms with Crippen molar-refractivity contribution in [3.63, 3.8) is 0 Å². The highest BCUT2D eigenvalue weighted by Crippen LogP contribution is 2.37. The molecule has 3 heteroatoms. The molecule has 0 aliphatic carbocycles. The fourth-order valence-electron chi connectivity index (χ4n) is 4.03. The second kappa shape index (κ2) is 6.93. The molecule has 3 nitrogen and oxygen atoms in total. The Morgan fingerprint density at radius 3 is 2.56 bits per heavy atom. The van der Waals surface area contributed by atoms with Crippen LogP contribution in [-0.4, -0.2) is 11.5 Å². The highest BCUT2D eigenvalue weighted by molar-refractivity contribution is 5.85. The van der Waals surface area contributed by atoms with Crippen molar-refractivity contribution in [2.24, 2.45) is 0 Å². The quantitative estimate of drug-likeness (QED) is 0.542. The lowest BCUT2D eigenvalue weighted by Crippen LogP contribution is -2.30. The Hall–Kier alpha value is -3.04. The Kier molecular flexibility index (Phi) is 4.15. The molecule has 27 heavy (non-hydrogen) atoms. The summed E-state index contributed by atoms with van der Waals surface area (Å²) in [5, 5.41) is 5.01. The first-order valence-electron chi connectivity index (χ1n) is 9.48. The second-order valence-electron chi connectivity index (χ2n) is 7.01. The van der Waals surface area contributed by atoms with E-state index in [4.69, 9.17) is 4.74 Å². The third-order valence-corrected chi connectivity index (χ3v) is 5.33. The van der Waals surface area contributed by atoms with Crippen LogP contribution in [0.3, 0.4) is 0 Å². The van der Waals surface area contributed by atoms with E-state index in [9.17, 15) is 0 Å². The van der Waals surface area contributed by atoms with Gasteiger partial charge in [0.05, 0.1) is 6.04 Å². The van der Waals surface area contributed by atoms with Crippen LogP contribution in [0.5, 0.6) is 5.75 Å². The molecule has 0 bridgehead atoms. The molecule has 0 amide bonds.